The van der Waals surface area contributed by atoms with Gasteiger partial charge in [0.1, 0.15) is 0 Å². The fourth-order valence-corrected chi connectivity index (χ4v) is 2.07. The smallest absolute Gasteiger partial charge is 0.222 e. The Balaban J connectivity index is 0.000000368. The zero-order chi connectivity index (χ0) is 17.6. The highest BCUT2D eigenvalue weighted by atomic mass is 35.7. The molecule has 124 valence electrons. The van der Waals surface area contributed by atoms with Crippen LogP contribution in [0.1, 0.15) is 0 Å². The monoisotopic (exact) mass is 366 g/mol. The number of hydrogen-bond donors (Lipinski definition) is 0. The van der Waals surface area contributed by atoms with Crippen molar-refractivity contribution in [3.05, 3.63) is 78.0 Å². The van der Waals surface area contributed by atoms with Gasteiger partial charge in [-0.15, -0.1) is 10.2 Å². The van der Waals surface area contributed by atoms with Gasteiger partial charge in [0.2, 0.25) is 0 Å². The molecular weight excluding hydrogens is 355 g/mol. The molecule has 2 aromatic carbocycles. The summed E-state index contributed by atoms with van der Waals surface area (Å²) in [5, 5.41) is 0.727. The Morgan fingerprint density at radius 3 is 1.71 bits per heavy atom. The lowest BCUT2D eigenvalue weighted by atomic mass is 10.1. The average molecular weight is 367 g/mol. The molecule has 0 bridgehead atoms. The Morgan fingerprint density at radius 2 is 1.21 bits per heavy atom. The van der Waals surface area contributed by atoms with Crippen molar-refractivity contribution >= 4 is 11.6 Å². The van der Waals surface area contributed by atoms with Gasteiger partial charge in [0.15, 0.2) is 0 Å². The first-order valence-corrected chi connectivity index (χ1v) is 8.29. The minimum absolute atomic E-state index is 0.727. The van der Waals surface area contributed by atoms with E-state index in [-0.39, 0.29) is 0 Å². The maximum absolute atomic E-state index is 8.49. The van der Waals surface area contributed by atoms with Crippen LogP contribution in [0.25, 0.3) is 22.5 Å². The van der Waals surface area contributed by atoms with Crippen LogP contribution >= 0.6 is 11.6 Å². The van der Waals surface area contributed by atoms with E-state index < -0.39 is 10.2 Å². The lowest BCUT2D eigenvalue weighted by molar-refractivity contribution is -2.00. The number of halogens is 2. The number of hydrogen-bond acceptors (Lipinski definition) is 4. The topological polar surface area (TPSA) is 104 Å². The molecule has 0 saturated heterocycles. The molecule has 0 atom stereocenters. The highest BCUT2D eigenvalue weighted by Crippen LogP contribution is 2.25. The van der Waals surface area contributed by atoms with E-state index in [4.69, 9.17) is 34.7 Å². The summed E-state index contributed by atoms with van der Waals surface area (Å²) in [5.41, 5.74) is 3.23. The van der Waals surface area contributed by atoms with Gasteiger partial charge < -0.3 is 0 Å². The van der Waals surface area contributed by atoms with Crippen LogP contribution in [-0.4, -0.2) is 0 Å². The molecule has 1 aromatic heterocycles. The SMILES string of the molecule is Clc1ccc(-c2ccc(-c3ccccc3)c[o+]2)cc1.[O-][Cl+3]([O-])([O-])[O-]. The first-order valence-electron chi connectivity index (χ1n) is 6.68. The summed E-state index contributed by atoms with van der Waals surface area (Å²) in [5.74, 6) is 0.830. The minimum atomic E-state index is -4.94. The average Bonchev–Trinajstić information content (AvgIpc) is 2.55. The summed E-state index contributed by atoms with van der Waals surface area (Å²) >= 11 is 5.87. The van der Waals surface area contributed by atoms with Gasteiger partial charge in [-0.2, -0.15) is 0 Å². The van der Waals surface area contributed by atoms with Crippen LogP contribution in [0.3, 0.4) is 0 Å². The van der Waals surface area contributed by atoms with E-state index in [0.29, 0.717) is 0 Å². The molecule has 3 aromatic rings. The van der Waals surface area contributed by atoms with Crippen molar-refractivity contribution < 1.29 is 33.3 Å². The second-order valence-corrected chi connectivity index (χ2v) is 5.83. The van der Waals surface area contributed by atoms with Crippen LogP contribution in [0, 0.1) is 10.2 Å². The third-order valence-electron chi connectivity index (χ3n) is 2.96. The van der Waals surface area contributed by atoms with E-state index in [1.807, 2.05) is 48.5 Å². The normalized spacial score (nSPS) is 10.7. The molecule has 0 saturated carbocycles. The van der Waals surface area contributed by atoms with E-state index >= 15 is 0 Å². The zero-order valence-corrected chi connectivity index (χ0v) is 13.7. The van der Waals surface area contributed by atoms with E-state index in [0.717, 1.165) is 27.5 Å². The molecule has 24 heavy (non-hydrogen) atoms. The summed E-state index contributed by atoms with van der Waals surface area (Å²) in [6.07, 6.45) is 1.78. The van der Waals surface area contributed by atoms with Crippen LogP contribution in [0.4, 0.5) is 0 Å². The molecule has 3 rings (SSSR count). The summed E-state index contributed by atoms with van der Waals surface area (Å²) in [6.45, 7) is 0. The largest absolute Gasteiger partial charge is 0.359 e. The summed E-state index contributed by atoms with van der Waals surface area (Å²) in [4.78, 5) is 0. The Hall–Kier alpha value is -1.99. The first-order chi connectivity index (χ1) is 11.3. The zero-order valence-electron chi connectivity index (χ0n) is 12.2. The van der Waals surface area contributed by atoms with Crippen molar-refractivity contribution in [2.45, 2.75) is 0 Å². The second kappa shape index (κ2) is 8.21. The van der Waals surface area contributed by atoms with Gasteiger partial charge in [-0.3, -0.25) is 0 Å². The Bertz CT molecular complexity index is 748. The number of rotatable bonds is 2. The molecule has 1 heterocycles. The molecular formula is C17H12Cl2O5. The van der Waals surface area contributed by atoms with Gasteiger partial charge in [-0.05, 0) is 35.9 Å². The van der Waals surface area contributed by atoms with E-state index in [2.05, 4.69) is 18.2 Å². The lowest BCUT2D eigenvalue weighted by Crippen LogP contribution is -2.68. The van der Waals surface area contributed by atoms with Crippen LogP contribution < -0.4 is 18.6 Å². The third-order valence-corrected chi connectivity index (χ3v) is 3.21. The van der Waals surface area contributed by atoms with Gasteiger partial charge in [0, 0.05) is 11.1 Å². The summed E-state index contributed by atoms with van der Waals surface area (Å²) in [6, 6.07) is 21.8. The van der Waals surface area contributed by atoms with Crippen molar-refractivity contribution in [1.82, 2.24) is 0 Å². The van der Waals surface area contributed by atoms with E-state index in [1.54, 1.807) is 6.26 Å². The van der Waals surface area contributed by atoms with Gasteiger partial charge >= 0.3 is 12.0 Å². The quantitative estimate of drug-likeness (QED) is 0.623. The van der Waals surface area contributed by atoms with Crippen LogP contribution in [0.5, 0.6) is 0 Å². The Labute approximate surface area is 145 Å². The van der Waals surface area contributed by atoms with Gasteiger partial charge in [0.25, 0.3) is 0 Å². The molecule has 0 aliphatic carbocycles. The third kappa shape index (κ3) is 6.25. The molecule has 0 amide bonds. The minimum Gasteiger partial charge on any atom is -0.222 e. The fourth-order valence-electron chi connectivity index (χ4n) is 1.94. The molecule has 0 N–H and O–H groups in total. The van der Waals surface area contributed by atoms with Crippen molar-refractivity contribution in [3.8, 4) is 22.5 Å². The Morgan fingerprint density at radius 1 is 0.667 bits per heavy atom. The van der Waals surface area contributed by atoms with Crippen LogP contribution in [0.2, 0.25) is 5.02 Å². The molecule has 0 spiro atoms. The van der Waals surface area contributed by atoms with Crippen molar-refractivity contribution in [3.63, 3.8) is 0 Å². The van der Waals surface area contributed by atoms with E-state index in [1.165, 1.54) is 0 Å². The predicted molar refractivity (Wildman–Crippen MR) is 79.0 cm³/mol. The molecule has 7 heteroatoms. The van der Waals surface area contributed by atoms with Crippen molar-refractivity contribution in [2.75, 3.05) is 0 Å². The van der Waals surface area contributed by atoms with Gasteiger partial charge in [-0.25, -0.2) is 23.1 Å². The highest BCUT2D eigenvalue weighted by molar-refractivity contribution is 6.30. The summed E-state index contributed by atoms with van der Waals surface area (Å²) < 4.78 is 39.7. The maximum atomic E-state index is 8.49. The maximum Gasteiger partial charge on any atom is 0.359 e. The van der Waals surface area contributed by atoms with Gasteiger partial charge in [-0.1, -0.05) is 41.9 Å². The molecule has 0 fully saturated rings. The molecule has 0 aliphatic rings. The Kier molecular flexibility index (Phi) is 6.28. The van der Waals surface area contributed by atoms with Crippen LogP contribution in [-0.2, 0) is 0 Å². The highest BCUT2D eigenvalue weighted by Gasteiger charge is 2.12. The first kappa shape index (κ1) is 18.4. The lowest BCUT2D eigenvalue weighted by Gasteiger charge is -2.17. The fraction of sp³-hybridized carbons (Fsp3) is 0. The van der Waals surface area contributed by atoms with E-state index in [9.17, 15) is 0 Å². The van der Waals surface area contributed by atoms with Crippen molar-refractivity contribution in [2.24, 2.45) is 0 Å². The van der Waals surface area contributed by atoms with Gasteiger partial charge in [0.05, 0.1) is 11.1 Å². The number of benzene rings is 2. The standard InChI is InChI=1S/C17H12ClO.ClHO4/c18-16-9-6-14(7-10-16)17-11-8-15(12-19-17)13-4-2-1-3-5-13;2-1(3,4)5/h1-12H;(H,2,3,4,5)/q+1;/p-1. The molecule has 0 aliphatic heterocycles. The van der Waals surface area contributed by atoms with Crippen molar-refractivity contribution in [1.29, 1.82) is 0 Å². The van der Waals surface area contributed by atoms with Crippen LogP contribution in [0.15, 0.2) is 77.4 Å². The second-order valence-electron chi connectivity index (χ2n) is 4.64. The predicted octanol–water partition coefficient (Wildman–Crippen LogP) is 0.792. The molecule has 0 unspecified atom stereocenters. The molecule has 0 radical (unpaired) electrons. The molecule has 5 nitrogen and oxygen atoms in total. The summed E-state index contributed by atoms with van der Waals surface area (Å²) in [7, 11) is -4.94.